The van der Waals surface area contributed by atoms with Crippen molar-refractivity contribution in [2.45, 2.75) is 20.0 Å². The van der Waals surface area contributed by atoms with Crippen LogP contribution in [-0.4, -0.2) is 6.10 Å². The van der Waals surface area contributed by atoms with E-state index in [1.165, 1.54) is 0 Å². The van der Waals surface area contributed by atoms with E-state index in [2.05, 4.69) is 0 Å². The van der Waals surface area contributed by atoms with Crippen molar-refractivity contribution >= 4 is 8.25 Å². The summed E-state index contributed by atoms with van der Waals surface area (Å²) in [6, 6.07) is 8.96. The molecule has 0 N–H and O–H groups in total. The Hall–Kier alpha value is -0.920. The van der Waals surface area contributed by atoms with Crippen LogP contribution in [0.2, 0.25) is 0 Å². The first kappa shape index (κ1) is 10.2. The van der Waals surface area contributed by atoms with E-state index in [0.29, 0.717) is 5.75 Å². The first-order chi connectivity index (χ1) is 6.18. The zero-order chi connectivity index (χ0) is 9.68. The molecule has 1 aromatic carbocycles. The summed E-state index contributed by atoms with van der Waals surface area (Å²) < 4.78 is 21.1. The summed E-state index contributed by atoms with van der Waals surface area (Å²) in [5.41, 5.74) is 0. The van der Waals surface area contributed by atoms with Gasteiger partial charge in [-0.15, -0.1) is 4.52 Å². The Labute approximate surface area is 78.6 Å². The van der Waals surface area contributed by atoms with Crippen LogP contribution in [0.25, 0.3) is 0 Å². The van der Waals surface area contributed by atoms with Gasteiger partial charge in [-0.25, -0.2) is 4.52 Å². The molecule has 0 radical (unpaired) electrons. The van der Waals surface area contributed by atoms with E-state index in [1.54, 1.807) is 12.1 Å². The lowest BCUT2D eigenvalue weighted by atomic mass is 10.3. The van der Waals surface area contributed by atoms with Crippen LogP contribution >= 0.6 is 8.25 Å². The molecule has 0 fully saturated rings. The Morgan fingerprint density at radius 3 is 2.38 bits per heavy atom. The fourth-order valence-electron chi connectivity index (χ4n) is 0.761. The number of para-hydroxylation sites is 1. The maximum atomic E-state index is 11.1. The highest BCUT2D eigenvalue weighted by molar-refractivity contribution is 7.33. The lowest BCUT2D eigenvalue weighted by Gasteiger charge is -1.93. The summed E-state index contributed by atoms with van der Waals surface area (Å²) in [6.07, 6.45) is -0.0904. The van der Waals surface area contributed by atoms with Crippen LogP contribution in [0.15, 0.2) is 30.3 Å². The molecule has 0 spiro atoms. The van der Waals surface area contributed by atoms with Crippen molar-refractivity contribution in [3.8, 4) is 5.75 Å². The standard InChI is InChI=1S/C9H12O3P/c1-8(2)11-13(10)12-9-6-4-3-5-7-9/h3-8H,1-2H3/q+1. The second kappa shape index (κ2) is 4.95. The zero-order valence-electron chi connectivity index (χ0n) is 7.64. The van der Waals surface area contributed by atoms with Crippen LogP contribution in [0.4, 0.5) is 0 Å². The first-order valence-corrected chi connectivity index (χ1v) is 5.15. The minimum atomic E-state index is -2.05. The highest BCUT2D eigenvalue weighted by Gasteiger charge is 2.23. The summed E-state index contributed by atoms with van der Waals surface area (Å²) in [4.78, 5) is 0. The molecule has 1 atom stereocenters. The summed E-state index contributed by atoms with van der Waals surface area (Å²) in [7, 11) is -2.05. The largest absolute Gasteiger partial charge is 0.750 e. The van der Waals surface area contributed by atoms with E-state index >= 15 is 0 Å². The summed E-state index contributed by atoms with van der Waals surface area (Å²) in [5, 5.41) is 0. The van der Waals surface area contributed by atoms with Crippen molar-refractivity contribution in [2.75, 3.05) is 0 Å². The molecule has 0 amide bonds. The van der Waals surface area contributed by atoms with Gasteiger partial charge in [0.2, 0.25) is 0 Å². The van der Waals surface area contributed by atoms with E-state index in [0.717, 1.165) is 0 Å². The molecule has 1 unspecified atom stereocenters. The number of hydrogen-bond donors (Lipinski definition) is 0. The molecule has 3 nitrogen and oxygen atoms in total. The van der Waals surface area contributed by atoms with Gasteiger partial charge in [-0.05, 0) is 26.0 Å². The molecule has 0 heterocycles. The second-order valence-corrected chi connectivity index (χ2v) is 3.62. The molecule has 1 aromatic rings. The fraction of sp³-hybridized carbons (Fsp3) is 0.333. The Bertz CT molecular complexity index is 271. The van der Waals surface area contributed by atoms with Crippen molar-refractivity contribution in [3.05, 3.63) is 30.3 Å². The molecule has 70 valence electrons. The van der Waals surface area contributed by atoms with Gasteiger partial charge in [-0.1, -0.05) is 18.2 Å². The van der Waals surface area contributed by atoms with Crippen LogP contribution in [0, 0.1) is 0 Å². The monoisotopic (exact) mass is 199 g/mol. The van der Waals surface area contributed by atoms with Crippen molar-refractivity contribution in [2.24, 2.45) is 0 Å². The van der Waals surface area contributed by atoms with Crippen molar-refractivity contribution in [1.82, 2.24) is 0 Å². The molecule has 0 saturated carbocycles. The molecule has 0 aliphatic carbocycles. The lowest BCUT2D eigenvalue weighted by molar-refractivity contribution is 0.226. The Kier molecular flexibility index (Phi) is 3.87. The molecule has 13 heavy (non-hydrogen) atoms. The minimum Gasteiger partial charge on any atom is -0.229 e. The Balaban J connectivity index is 2.46. The molecule has 4 heteroatoms. The number of hydrogen-bond acceptors (Lipinski definition) is 3. The molecular formula is C9H12O3P+. The van der Waals surface area contributed by atoms with Gasteiger partial charge in [0.05, 0.1) is 0 Å². The maximum Gasteiger partial charge on any atom is 0.750 e. The Morgan fingerprint density at radius 1 is 1.23 bits per heavy atom. The summed E-state index contributed by atoms with van der Waals surface area (Å²) in [5.74, 6) is 0.560. The van der Waals surface area contributed by atoms with Crippen molar-refractivity contribution in [1.29, 1.82) is 0 Å². The molecule has 0 aliphatic heterocycles. The molecule has 0 saturated heterocycles. The van der Waals surface area contributed by atoms with Gasteiger partial charge >= 0.3 is 8.25 Å². The van der Waals surface area contributed by atoms with Crippen LogP contribution in [0.1, 0.15) is 13.8 Å². The average Bonchev–Trinajstić information content (AvgIpc) is 2.04. The molecule has 1 rings (SSSR count). The molecule has 0 aliphatic rings. The van der Waals surface area contributed by atoms with Gasteiger partial charge in [0.15, 0.2) is 5.75 Å². The lowest BCUT2D eigenvalue weighted by Crippen LogP contribution is -1.96. The quantitative estimate of drug-likeness (QED) is 0.698. The zero-order valence-corrected chi connectivity index (χ0v) is 8.53. The maximum absolute atomic E-state index is 11.1. The third-order valence-corrected chi connectivity index (χ3v) is 2.17. The van der Waals surface area contributed by atoms with Gasteiger partial charge in [-0.3, -0.25) is 0 Å². The summed E-state index contributed by atoms with van der Waals surface area (Å²) >= 11 is 0. The predicted octanol–water partition coefficient (Wildman–Crippen LogP) is 3.15. The van der Waals surface area contributed by atoms with Crippen molar-refractivity contribution < 1.29 is 13.6 Å². The Morgan fingerprint density at radius 2 is 1.85 bits per heavy atom. The van der Waals surface area contributed by atoms with Crippen LogP contribution in [-0.2, 0) is 9.09 Å². The second-order valence-electron chi connectivity index (χ2n) is 2.78. The highest BCUT2D eigenvalue weighted by atomic mass is 31.1. The van der Waals surface area contributed by atoms with Crippen LogP contribution in [0.3, 0.4) is 0 Å². The fourth-order valence-corrected chi connectivity index (χ4v) is 1.44. The van der Waals surface area contributed by atoms with Crippen LogP contribution < -0.4 is 4.52 Å². The van der Waals surface area contributed by atoms with E-state index in [4.69, 9.17) is 9.05 Å². The van der Waals surface area contributed by atoms with Gasteiger partial charge in [0.1, 0.15) is 6.10 Å². The van der Waals surface area contributed by atoms with Crippen LogP contribution in [0.5, 0.6) is 5.75 Å². The molecule has 0 aromatic heterocycles. The minimum absolute atomic E-state index is 0.0904. The van der Waals surface area contributed by atoms with E-state index in [1.807, 2.05) is 32.0 Å². The third-order valence-electron chi connectivity index (χ3n) is 1.22. The SMILES string of the molecule is CC(C)O[P+](=O)Oc1ccccc1. The molecule has 0 bridgehead atoms. The summed E-state index contributed by atoms with van der Waals surface area (Å²) in [6.45, 7) is 3.61. The van der Waals surface area contributed by atoms with Gasteiger partial charge in [0.25, 0.3) is 0 Å². The number of benzene rings is 1. The van der Waals surface area contributed by atoms with Gasteiger partial charge in [-0.2, -0.15) is 0 Å². The first-order valence-electron chi connectivity index (χ1n) is 4.05. The molecular weight excluding hydrogens is 187 g/mol. The predicted molar refractivity (Wildman–Crippen MR) is 50.9 cm³/mol. The normalized spacial score (nSPS) is 11.5. The van der Waals surface area contributed by atoms with E-state index in [9.17, 15) is 4.57 Å². The third kappa shape index (κ3) is 4.02. The van der Waals surface area contributed by atoms with Crippen molar-refractivity contribution in [3.63, 3.8) is 0 Å². The van der Waals surface area contributed by atoms with Gasteiger partial charge in [0, 0.05) is 4.57 Å². The highest BCUT2D eigenvalue weighted by Crippen LogP contribution is 2.28. The van der Waals surface area contributed by atoms with E-state index in [-0.39, 0.29) is 6.10 Å². The topological polar surface area (TPSA) is 35.5 Å². The smallest absolute Gasteiger partial charge is 0.229 e. The van der Waals surface area contributed by atoms with E-state index < -0.39 is 8.25 Å². The average molecular weight is 199 g/mol. The van der Waals surface area contributed by atoms with Gasteiger partial charge < -0.3 is 0 Å². The number of rotatable bonds is 4.